The fourth-order valence-corrected chi connectivity index (χ4v) is 1.65. The zero-order valence-electron chi connectivity index (χ0n) is 10.3. The Bertz CT molecular complexity index is 638. The van der Waals surface area contributed by atoms with Crippen LogP contribution in [0.5, 0.6) is 0 Å². The van der Waals surface area contributed by atoms with Crippen LogP contribution in [0, 0.1) is 6.92 Å². The number of aromatic nitrogens is 1. The number of amides is 1. The summed E-state index contributed by atoms with van der Waals surface area (Å²) in [7, 11) is 0. The van der Waals surface area contributed by atoms with E-state index < -0.39 is 5.97 Å². The average molecular weight is 256 g/mol. The van der Waals surface area contributed by atoms with Gasteiger partial charge in [0.1, 0.15) is 0 Å². The van der Waals surface area contributed by atoms with E-state index in [4.69, 9.17) is 5.11 Å². The van der Waals surface area contributed by atoms with E-state index in [0.29, 0.717) is 5.56 Å². The van der Waals surface area contributed by atoms with E-state index in [1.165, 1.54) is 12.3 Å². The maximum Gasteiger partial charge on any atom is 0.337 e. The Morgan fingerprint density at radius 2 is 1.95 bits per heavy atom. The first-order valence-corrected chi connectivity index (χ1v) is 5.63. The fourth-order valence-electron chi connectivity index (χ4n) is 1.65. The second-order valence-electron chi connectivity index (χ2n) is 4.06. The molecule has 2 N–H and O–H groups in total. The van der Waals surface area contributed by atoms with Gasteiger partial charge in [-0.05, 0) is 30.7 Å². The number of aromatic carboxylic acids is 1. The van der Waals surface area contributed by atoms with Gasteiger partial charge in [-0.3, -0.25) is 9.78 Å². The Balaban J connectivity index is 2.27. The monoisotopic (exact) mass is 256 g/mol. The van der Waals surface area contributed by atoms with Gasteiger partial charge in [0.25, 0.3) is 5.91 Å². The second-order valence-corrected chi connectivity index (χ2v) is 4.06. The lowest BCUT2D eigenvalue weighted by Gasteiger charge is -2.08. The first-order chi connectivity index (χ1) is 9.08. The smallest absolute Gasteiger partial charge is 0.337 e. The topological polar surface area (TPSA) is 79.3 Å². The van der Waals surface area contributed by atoms with Gasteiger partial charge in [0.2, 0.25) is 0 Å². The van der Waals surface area contributed by atoms with E-state index in [1.54, 1.807) is 30.5 Å². The van der Waals surface area contributed by atoms with Crippen LogP contribution in [0.25, 0.3) is 0 Å². The lowest BCUT2D eigenvalue weighted by atomic mass is 10.1. The maximum atomic E-state index is 12.0. The minimum Gasteiger partial charge on any atom is -0.478 e. The van der Waals surface area contributed by atoms with Crippen LogP contribution in [-0.4, -0.2) is 22.0 Å². The van der Waals surface area contributed by atoms with Crippen molar-refractivity contribution in [3.05, 3.63) is 59.4 Å². The SMILES string of the molecule is Cc1cncc(C(=O)Nc2ccccc2C(=O)O)c1. The molecule has 2 aromatic rings. The number of hydrogen-bond donors (Lipinski definition) is 2. The molecule has 0 unspecified atom stereocenters. The third-order valence-electron chi connectivity index (χ3n) is 2.54. The molecule has 0 fully saturated rings. The number of carboxylic acid groups (broad SMARTS) is 1. The highest BCUT2D eigenvalue weighted by Crippen LogP contribution is 2.16. The first-order valence-electron chi connectivity index (χ1n) is 5.63. The average Bonchev–Trinajstić information content (AvgIpc) is 2.39. The molecule has 0 saturated heterocycles. The molecule has 0 spiro atoms. The fraction of sp³-hybridized carbons (Fsp3) is 0.0714. The third-order valence-corrected chi connectivity index (χ3v) is 2.54. The number of carbonyl (C=O) groups excluding carboxylic acids is 1. The van der Waals surface area contributed by atoms with Gasteiger partial charge in [-0.2, -0.15) is 0 Å². The molecule has 1 aromatic carbocycles. The summed E-state index contributed by atoms with van der Waals surface area (Å²) in [5.41, 5.74) is 1.57. The lowest BCUT2D eigenvalue weighted by molar-refractivity contribution is 0.0698. The van der Waals surface area contributed by atoms with E-state index in [0.717, 1.165) is 5.56 Å². The summed E-state index contributed by atoms with van der Waals surface area (Å²) in [6.07, 6.45) is 3.08. The zero-order chi connectivity index (χ0) is 13.8. The van der Waals surface area contributed by atoms with Crippen molar-refractivity contribution >= 4 is 17.6 Å². The van der Waals surface area contributed by atoms with Crippen LogP contribution in [0.4, 0.5) is 5.69 Å². The number of carboxylic acids is 1. The summed E-state index contributed by atoms with van der Waals surface area (Å²) in [6.45, 7) is 1.83. The molecule has 0 radical (unpaired) electrons. The molecule has 1 aromatic heterocycles. The molecule has 1 heterocycles. The standard InChI is InChI=1S/C14H12N2O3/c1-9-6-10(8-15-7-9)13(17)16-12-5-3-2-4-11(12)14(18)19/h2-8H,1H3,(H,16,17)(H,18,19). The van der Waals surface area contributed by atoms with Crippen LogP contribution in [0.2, 0.25) is 0 Å². The minimum atomic E-state index is -1.08. The van der Waals surface area contributed by atoms with Gasteiger partial charge in [0, 0.05) is 12.4 Å². The summed E-state index contributed by atoms with van der Waals surface area (Å²) in [6, 6.07) is 7.94. The van der Waals surface area contributed by atoms with E-state index >= 15 is 0 Å². The highest BCUT2D eigenvalue weighted by Gasteiger charge is 2.13. The van der Waals surface area contributed by atoms with Gasteiger partial charge in [-0.15, -0.1) is 0 Å². The van der Waals surface area contributed by atoms with Crippen LogP contribution in [-0.2, 0) is 0 Å². The van der Waals surface area contributed by atoms with E-state index in [9.17, 15) is 9.59 Å². The molecule has 5 nitrogen and oxygen atoms in total. The predicted molar refractivity (Wildman–Crippen MR) is 70.3 cm³/mol. The van der Waals surface area contributed by atoms with Crippen molar-refractivity contribution in [1.29, 1.82) is 0 Å². The highest BCUT2D eigenvalue weighted by atomic mass is 16.4. The molecule has 5 heteroatoms. The number of para-hydroxylation sites is 1. The van der Waals surface area contributed by atoms with E-state index in [1.807, 2.05) is 6.92 Å². The van der Waals surface area contributed by atoms with E-state index in [-0.39, 0.29) is 17.2 Å². The molecule has 0 atom stereocenters. The van der Waals surface area contributed by atoms with Gasteiger partial charge in [0.05, 0.1) is 16.8 Å². The Kier molecular flexibility index (Phi) is 3.56. The van der Waals surface area contributed by atoms with Gasteiger partial charge >= 0.3 is 5.97 Å². The Morgan fingerprint density at radius 3 is 2.63 bits per heavy atom. The molecule has 0 aliphatic heterocycles. The lowest BCUT2D eigenvalue weighted by Crippen LogP contribution is -2.15. The Morgan fingerprint density at radius 1 is 1.21 bits per heavy atom. The first kappa shape index (κ1) is 12.8. The van der Waals surface area contributed by atoms with E-state index in [2.05, 4.69) is 10.3 Å². The number of pyridine rings is 1. The molecule has 0 aliphatic carbocycles. The van der Waals surface area contributed by atoms with Crippen LogP contribution in [0.3, 0.4) is 0 Å². The van der Waals surface area contributed by atoms with Crippen molar-refractivity contribution < 1.29 is 14.7 Å². The number of nitrogens with one attached hydrogen (secondary N) is 1. The van der Waals surface area contributed by atoms with Gasteiger partial charge in [-0.1, -0.05) is 12.1 Å². The minimum absolute atomic E-state index is 0.0523. The van der Waals surface area contributed by atoms with Crippen LogP contribution < -0.4 is 5.32 Å². The summed E-state index contributed by atoms with van der Waals surface area (Å²) in [5.74, 6) is -1.47. The maximum absolute atomic E-state index is 12.0. The van der Waals surface area contributed by atoms with Crippen molar-refractivity contribution in [2.24, 2.45) is 0 Å². The summed E-state index contributed by atoms with van der Waals surface area (Å²) >= 11 is 0. The molecule has 0 saturated carbocycles. The number of benzene rings is 1. The molecule has 2 rings (SSSR count). The molecular formula is C14H12N2O3. The Hall–Kier alpha value is -2.69. The second kappa shape index (κ2) is 5.30. The third kappa shape index (κ3) is 2.95. The van der Waals surface area contributed by atoms with Crippen molar-refractivity contribution in [3.8, 4) is 0 Å². The highest BCUT2D eigenvalue weighted by molar-refractivity contribution is 6.07. The number of nitrogens with zero attached hydrogens (tertiary/aromatic N) is 1. The van der Waals surface area contributed by atoms with Crippen molar-refractivity contribution in [3.63, 3.8) is 0 Å². The van der Waals surface area contributed by atoms with Crippen molar-refractivity contribution in [2.45, 2.75) is 6.92 Å². The molecule has 1 amide bonds. The molecular weight excluding hydrogens is 244 g/mol. The number of hydrogen-bond acceptors (Lipinski definition) is 3. The Labute approximate surface area is 109 Å². The molecule has 96 valence electrons. The number of carbonyl (C=O) groups is 2. The van der Waals surface area contributed by atoms with Gasteiger partial charge in [-0.25, -0.2) is 4.79 Å². The summed E-state index contributed by atoms with van der Waals surface area (Å²) in [4.78, 5) is 27.0. The van der Waals surface area contributed by atoms with Gasteiger partial charge in [0.15, 0.2) is 0 Å². The molecule has 19 heavy (non-hydrogen) atoms. The molecule has 0 bridgehead atoms. The zero-order valence-corrected chi connectivity index (χ0v) is 10.3. The van der Waals surface area contributed by atoms with Crippen LogP contribution in [0.1, 0.15) is 26.3 Å². The summed E-state index contributed by atoms with van der Waals surface area (Å²) < 4.78 is 0. The predicted octanol–water partition coefficient (Wildman–Crippen LogP) is 2.34. The number of anilines is 1. The number of aryl methyl sites for hydroxylation is 1. The molecule has 0 aliphatic rings. The summed E-state index contributed by atoms with van der Waals surface area (Å²) in [5, 5.41) is 11.6. The van der Waals surface area contributed by atoms with Crippen LogP contribution in [0.15, 0.2) is 42.7 Å². The van der Waals surface area contributed by atoms with Crippen molar-refractivity contribution in [1.82, 2.24) is 4.98 Å². The van der Waals surface area contributed by atoms with Gasteiger partial charge < -0.3 is 10.4 Å². The van der Waals surface area contributed by atoms with Crippen LogP contribution >= 0.6 is 0 Å². The number of rotatable bonds is 3. The normalized spacial score (nSPS) is 9.95. The quantitative estimate of drug-likeness (QED) is 0.883. The van der Waals surface area contributed by atoms with Crippen molar-refractivity contribution in [2.75, 3.05) is 5.32 Å². The largest absolute Gasteiger partial charge is 0.478 e.